The molecule has 0 saturated carbocycles. The zero-order chi connectivity index (χ0) is 9.97. The van der Waals surface area contributed by atoms with Gasteiger partial charge in [-0.1, -0.05) is 11.6 Å². The van der Waals surface area contributed by atoms with Crippen LogP contribution in [0.4, 0.5) is 5.69 Å². The number of nitrogens with one attached hydrogen (secondary N) is 1. The van der Waals surface area contributed by atoms with Crippen LogP contribution in [-0.2, 0) is 6.54 Å². The highest BCUT2D eigenvalue weighted by atomic mass is 35.5. The first-order valence-corrected chi connectivity index (χ1v) is 5.28. The average molecular weight is 229 g/mol. The lowest BCUT2D eigenvalue weighted by Crippen LogP contribution is -1.97. The first kappa shape index (κ1) is 9.48. The maximum Gasteiger partial charge on any atom is 0.183 e. The maximum absolute atomic E-state index is 5.72. The summed E-state index contributed by atoms with van der Waals surface area (Å²) in [6.07, 6.45) is 5.49. The number of anilines is 1. The summed E-state index contributed by atoms with van der Waals surface area (Å²) < 4.78 is 2.41. The minimum atomic E-state index is 0.570. The summed E-state index contributed by atoms with van der Waals surface area (Å²) in [7, 11) is 1.87. The van der Waals surface area contributed by atoms with E-state index in [4.69, 9.17) is 11.6 Å². The monoisotopic (exact) mass is 228 g/mol. The maximum atomic E-state index is 5.72. The van der Waals surface area contributed by atoms with Crippen LogP contribution in [0.25, 0.3) is 0 Å². The molecule has 0 atom stereocenters. The van der Waals surface area contributed by atoms with E-state index in [1.165, 1.54) is 11.3 Å². The predicted octanol–water partition coefficient (Wildman–Crippen LogP) is 2.08. The Labute approximate surface area is 90.5 Å². The number of thiazole rings is 1. The van der Waals surface area contributed by atoms with Crippen LogP contribution in [0.15, 0.2) is 18.6 Å². The van der Waals surface area contributed by atoms with E-state index in [0.29, 0.717) is 11.0 Å². The van der Waals surface area contributed by atoms with E-state index in [0.717, 1.165) is 10.6 Å². The van der Waals surface area contributed by atoms with Gasteiger partial charge >= 0.3 is 0 Å². The summed E-state index contributed by atoms with van der Waals surface area (Å²) in [5.41, 5.74) is 1.00. The molecular weight excluding hydrogens is 220 g/mol. The summed E-state index contributed by atoms with van der Waals surface area (Å²) in [6.45, 7) is 0.714. The highest BCUT2D eigenvalue weighted by Gasteiger charge is 2.01. The summed E-state index contributed by atoms with van der Waals surface area (Å²) in [4.78, 5) is 5.06. The molecule has 0 amide bonds. The Morgan fingerprint density at radius 1 is 1.57 bits per heavy atom. The van der Waals surface area contributed by atoms with E-state index in [9.17, 15) is 0 Å². The van der Waals surface area contributed by atoms with E-state index in [1.807, 2.05) is 17.9 Å². The summed E-state index contributed by atoms with van der Waals surface area (Å²) in [6, 6.07) is 0. The van der Waals surface area contributed by atoms with Gasteiger partial charge in [0.2, 0.25) is 0 Å². The van der Waals surface area contributed by atoms with Crippen molar-refractivity contribution in [2.75, 3.05) is 12.4 Å². The number of hydrogen-bond donors (Lipinski definition) is 1. The first-order chi connectivity index (χ1) is 6.78. The summed E-state index contributed by atoms with van der Waals surface area (Å²) in [5, 5.41) is 7.20. The SMILES string of the molecule is CNc1cnn(Cc2cnc(Cl)s2)c1. The van der Waals surface area contributed by atoms with Crippen molar-refractivity contribution >= 4 is 28.6 Å². The molecule has 0 fully saturated rings. The van der Waals surface area contributed by atoms with Crippen LogP contribution in [0.5, 0.6) is 0 Å². The lowest BCUT2D eigenvalue weighted by molar-refractivity contribution is 0.694. The Morgan fingerprint density at radius 3 is 3.00 bits per heavy atom. The van der Waals surface area contributed by atoms with Crippen molar-refractivity contribution in [3.8, 4) is 0 Å². The van der Waals surface area contributed by atoms with Crippen LogP contribution in [0.3, 0.4) is 0 Å². The largest absolute Gasteiger partial charge is 0.386 e. The predicted molar refractivity (Wildman–Crippen MR) is 58.0 cm³/mol. The van der Waals surface area contributed by atoms with Crippen molar-refractivity contribution in [2.24, 2.45) is 0 Å². The van der Waals surface area contributed by atoms with Gasteiger partial charge in [-0.15, -0.1) is 11.3 Å². The van der Waals surface area contributed by atoms with E-state index in [2.05, 4.69) is 15.4 Å². The Kier molecular flexibility index (Phi) is 2.69. The molecule has 2 heterocycles. The van der Waals surface area contributed by atoms with Gasteiger partial charge in [0.15, 0.2) is 4.47 Å². The van der Waals surface area contributed by atoms with Gasteiger partial charge in [0.25, 0.3) is 0 Å². The molecule has 2 rings (SSSR count). The molecule has 0 aliphatic carbocycles. The Hall–Kier alpha value is -1.07. The summed E-state index contributed by atoms with van der Waals surface area (Å²) >= 11 is 7.20. The zero-order valence-electron chi connectivity index (χ0n) is 7.57. The Balaban J connectivity index is 2.10. The molecule has 1 N–H and O–H groups in total. The molecule has 6 heteroatoms. The molecular formula is C8H9ClN4S. The van der Waals surface area contributed by atoms with E-state index >= 15 is 0 Å². The average Bonchev–Trinajstić information content (AvgIpc) is 2.76. The third kappa shape index (κ3) is 2.05. The molecule has 4 nitrogen and oxygen atoms in total. The topological polar surface area (TPSA) is 42.7 Å². The van der Waals surface area contributed by atoms with Crippen molar-refractivity contribution in [1.29, 1.82) is 0 Å². The second kappa shape index (κ2) is 3.98. The molecule has 2 aromatic rings. The molecule has 0 aromatic carbocycles. The van der Waals surface area contributed by atoms with E-state index in [-0.39, 0.29) is 0 Å². The van der Waals surface area contributed by atoms with Crippen molar-refractivity contribution < 1.29 is 0 Å². The quantitative estimate of drug-likeness (QED) is 0.875. The number of nitrogens with zero attached hydrogens (tertiary/aromatic N) is 3. The van der Waals surface area contributed by atoms with Gasteiger partial charge in [0, 0.05) is 24.3 Å². The van der Waals surface area contributed by atoms with Gasteiger partial charge in [-0.25, -0.2) is 4.98 Å². The molecule has 0 unspecified atom stereocenters. The molecule has 0 aliphatic rings. The second-order valence-corrected chi connectivity index (χ2v) is 4.45. The molecule has 0 radical (unpaired) electrons. The van der Waals surface area contributed by atoms with Crippen LogP contribution < -0.4 is 5.32 Å². The van der Waals surface area contributed by atoms with Gasteiger partial charge in [0.1, 0.15) is 0 Å². The lowest BCUT2D eigenvalue weighted by atomic mass is 10.5. The minimum Gasteiger partial charge on any atom is -0.386 e. The highest BCUT2D eigenvalue weighted by molar-refractivity contribution is 7.15. The highest BCUT2D eigenvalue weighted by Crippen LogP contribution is 2.18. The van der Waals surface area contributed by atoms with Crippen LogP contribution >= 0.6 is 22.9 Å². The second-order valence-electron chi connectivity index (χ2n) is 2.76. The number of aromatic nitrogens is 3. The van der Waals surface area contributed by atoms with Gasteiger partial charge in [-0.2, -0.15) is 5.10 Å². The molecule has 2 aromatic heterocycles. The lowest BCUT2D eigenvalue weighted by Gasteiger charge is -1.95. The third-order valence-electron chi connectivity index (χ3n) is 1.77. The van der Waals surface area contributed by atoms with E-state index in [1.54, 1.807) is 12.4 Å². The standard InChI is InChI=1S/C8H9ClN4S/c1-10-6-2-12-13(4-6)5-7-3-11-8(9)14-7/h2-4,10H,5H2,1H3. The normalized spacial score (nSPS) is 10.4. The fourth-order valence-electron chi connectivity index (χ4n) is 1.10. The van der Waals surface area contributed by atoms with Gasteiger partial charge in [-0.3, -0.25) is 4.68 Å². The van der Waals surface area contributed by atoms with Crippen LogP contribution in [0.2, 0.25) is 4.47 Å². The van der Waals surface area contributed by atoms with Crippen LogP contribution in [-0.4, -0.2) is 21.8 Å². The molecule has 0 bridgehead atoms. The van der Waals surface area contributed by atoms with Gasteiger partial charge in [-0.05, 0) is 0 Å². The van der Waals surface area contributed by atoms with Crippen LogP contribution in [0, 0.1) is 0 Å². The number of rotatable bonds is 3. The van der Waals surface area contributed by atoms with Gasteiger partial charge in [0.05, 0.1) is 18.4 Å². The van der Waals surface area contributed by atoms with Crippen LogP contribution in [0.1, 0.15) is 4.88 Å². The van der Waals surface area contributed by atoms with Crippen molar-refractivity contribution in [1.82, 2.24) is 14.8 Å². The summed E-state index contributed by atoms with van der Waals surface area (Å²) in [5.74, 6) is 0. The van der Waals surface area contributed by atoms with Crippen molar-refractivity contribution in [3.63, 3.8) is 0 Å². The van der Waals surface area contributed by atoms with E-state index < -0.39 is 0 Å². The molecule has 0 saturated heterocycles. The Bertz CT molecular complexity index is 422. The molecule has 0 aliphatic heterocycles. The smallest absolute Gasteiger partial charge is 0.183 e. The first-order valence-electron chi connectivity index (χ1n) is 4.08. The van der Waals surface area contributed by atoms with Gasteiger partial charge < -0.3 is 5.32 Å². The minimum absolute atomic E-state index is 0.570. The molecule has 14 heavy (non-hydrogen) atoms. The van der Waals surface area contributed by atoms with Crippen molar-refractivity contribution in [2.45, 2.75) is 6.54 Å². The fraction of sp³-hybridized carbons (Fsp3) is 0.250. The fourth-order valence-corrected chi connectivity index (χ4v) is 2.07. The number of hydrogen-bond acceptors (Lipinski definition) is 4. The number of halogens is 1. The molecule has 74 valence electrons. The molecule has 0 spiro atoms. The Morgan fingerprint density at radius 2 is 2.43 bits per heavy atom. The zero-order valence-corrected chi connectivity index (χ0v) is 9.14. The third-order valence-corrected chi connectivity index (χ3v) is 2.86. The van der Waals surface area contributed by atoms with Crippen molar-refractivity contribution in [3.05, 3.63) is 27.9 Å².